The predicted octanol–water partition coefficient (Wildman–Crippen LogP) is 6.41. The number of esters is 2. The van der Waals surface area contributed by atoms with Crippen molar-refractivity contribution in [3.05, 3.63) is 35.9 Å². The number of rotatable bonds is 32. The highest BCUT2D eigenvalue weighted by atomic mass is 16.6. The molecule has 0 radical (unpaired) electrons. The van der Waals surface area contributed by atoms with Gasteiger partial charge in [0.2, 0.25) is 29.5 Å². The molecule has 7 amide bonds. The van der Waals surface area contributed by atoms with E-state index in [0.29, 0.717) is 54.9 Å². The van der Waals surface area contributed by atoms with Crippen LogP contribution in [0.15, 0.2) is 30.3 Å². The molecule has 1 aromatic rings. The van der Waals surface area contributed by atoms with Crippen LogP contribution in [-0.2, 0) is 59.1 Å². The summed E-state index contributed by atoms with van der Waals surface area (Å²) in [7, 11) is 0. The monoisotopic (exact) mass is 1170 g/mol. The van der Waals surface area contributed by atoms with Gasteiger partial charge in [0, 0.05) is 25.9 Å². The maximum Gasteiger partial charge on any atom is 0.407 e. The summed E-state index contributed by atoms with van der Waals surface area (Å²) in [5, 5.41) is 16.7. The normalized spacial score (nSPS) is 27.2. The molecule has 0 aliphatic heterocycles. The van der Waals surface area contributed by atoms with Crippen LogP contribution < -0.4 is 43.4 Å². The van der Waals surface area contributed by atoms with E-state index in [1.54, 1.807) is 24.3 Å². The molecule has 5 atom stereocenters. The van der Waals surface area contributed by atoms with Crippen LogP contribution in [0.3, 0.4) is 0 Å². The van der Waals surface area contributed by atoms with Gasteiger partial charge in [-0.15, -0.1) is 0 Å². The van der Waals surface area contributed by atoms with Crippen molar-refractivity contribution in [2.45, 2.75) is 236 Å². The van der Waals surface area contributed by atoms with E-state index in [-0.39, 0.29) is 88.9 Å². The SMILES string of the molecule is CC(C)C[C@H](N)C(=O)N[C@@H](CCC(=O)OC1CCCCC1)C(=O)N[C@@H](CCCCNC(=O)OC1C2CC3CC(C2)CC1C3)C(=O)N[C@@H](CCC(N)=O)C(=O)N[C@@H](CCCCNC(=O)OC1C2CC3CC(C2)CC1C3)C(=O)OCc1ccccc1. The lowest BCUT2D eigenvalue weighted by Crippen LogP contribution is -2.58. The van der Waals surface area contributed by atoms with Crippen molar-refractivity contribution in [1.29, 1.82) is 0 Å². The summed E-state index contributed by atoms with van der Waals surface area (Å²) < 4.78 is 23.4. The fourth-order valence-electron chi connectivity index (χ4n) is 15.4. The molecular formula is C63H96N8O13. The van der Waals surface area contributed by atoms with Crippen LogP contribution in [0.4, 0.5) is 9.59 Å². The largest absolute Gasteiger partial charge is 0.462 e. The summed E-state index contributed by atoms with van der Waals surface area (Å²) >= 11 is 0. The number of amides is 7. The van der Waals surface area contributed by atoms with Crippen molar-refractivity contribution < 1.29 is 62.1 Å². The summed E-state index contributed by atoms with van der Waals surface area (Å²) in [6.45, 7) is 4.19. The minimum Gasteiger partial charge on any atom is -0.462 e. The van der Waals surface area contributed by atoms with Crippen molar-refractivity contribution in [3.8, 4) is 0 Å². The lowest BCUT2D eigenvalue weighted by Gasteiger charge is -2.53. The molecular weight excluding hydrogens is 1080 g/mol. The number of nitrogens with two attached hydrogens (primary N) is 2. The number of hydrogen-bond acceptors (Lipinski definition) is 14. The van der Waals surface area contributed by atoms with E-state index in [1.165, 1.54) is 12.8 Å². The quantitative estimate of drug-likeness (QED) is 0.0220. The first-order chi connectivity index (χ1) is 40.4. The van der Waals surface area contributed by atoms with Crippen LogP contribution in [0, 0.1) is 53.3 Å². The molecule has 0 spiro atoms. The highest BCUT2D eigenvalue weighted by Gasteiger charge is 2.51. The van der Waals surface area contributed by atoms with E-state index in [9.17, 15) is 43.2 Å². The molecule has 1 aromatic carbocycles. The van der Waals surface area contributed by atoms with E-state index in [1.807, 2.05) is 19.9 Å². The Labute approximate surface area is 495 Å². The first-order valence-corrected chi connectivity index (χ1v) is 32.0. The van der Waals surface area contributed by atoms with Crippen LogP contribution in [0.5, 0.6) is 0 Å². The summed E-state index contributed by atoms with van der Waals surface area (Å²) in [6.07, 6.45) is 15.2. The predicted molar refractivity (Wildman–Crippen MR) is 310 cm³/mol. The van der Waals surface area contributed by atoms with E-state index >= 15 is 0 Å². The minimum atomic E-state index is -1.45. The highest BCUT2D eigenvalue weighted by Crippen LogP contribution is 2.56. The fraction of sp³-hybridized carbons (Fsp3) is 0.762. The highest BCUT2D eigenvalue weighted by molar-refractivity contribution is 5.96. The van der Waals surface area contributed by atoms with Gasteiger partial charge in [-0.25, -0.2) is 14.4 Å². The molecule has 84 heavy (non-hydrogen) atoms. The van der Waals surface area contributed by atoms with E-state index in [2.05, 4.69) is 31.9 Å². The molecule has 21 heteroatoms. The van der Waals surface area contributed by atoms with Crippen molar-refractivity contribution in [2.24, 2.45) is 64.7 Å². The zero-order chi connectivity index (χ0) is 59.7. The zero-order valence-electron chi connectivity index (χ0n) is 49.7. The molecule has 0 heterocycles. The second kappa shape index (κ2) is 31.4. The van der Waals surface area contributed by atoms with Crippen LogP contribution in [0.2, 0.25) is 0 Å². The molecule has 8 bridgehead atoms. The molecule has 0 aromatic heterocycles. The van der Waals surface area contributed by atoms with Gasteiger partial charge in [-0.05, 0) is 207 Å². The zero-order valence-corrected chi connectivity index (χ0v) is 49.7. The van der Waals surface area contributed by atoms with Crippen molar-refractivity contribution in [2.75, 3.05) is 13.1 Å². The third kappa shape index (κ3) is 19.3. The summed E-state index contributed by atoms with van der Waals surface area (Å²) in [4.78, 5) is 123. The van der Waals surface area contributed by atoms with Crippen molar-refractivity contribution >= 4 is 53.7 Å². The number of carbonyl (C=O) groups excluding carboxylic acids is 9. The average Bonchev–Trinajstić information content (AvgIpc) is 1.15. The van der Waals surface area contributed by atoms with Gasteiger partial charge in [-0.3, -0.25) is 28.8 Å². The molecule has 10 N–H and O–H groups in total. The number of nitrogens with one attached hydrogen (secondary N) is 6. The van der Waals surface area contributed by atoms with Crippen LogP contribution in [-0.4, -0.2) is 115 Å². The van der Waals surface area contributed by atoms with E-state index in [0.717, 1.165) is 107 Å². The van der Waals surface area contributed by atoms with Gasteiger partial charge in [0.25, 0.3) is 0 Å². The molecule has 9 fully saturated rings. The van der Waals surface area contributed by atoms with Gasteiger partial charge in [0.05, 0.1) is 6.04 Å². The maximum atomic E-state index is 14.7. The number of primary amides is 1. The Bertz CT molecular complexity index is 2350. The van der Waals surface area contributed by atoms with Gasteiger partial charge in [-0.2, -0.15) is 0 Å². The van der Waals surface area contributed by atoms with Crippen LogP contribution in [0.1, 0.15) is 186 Å². The van der Waals surface area contributed by atoms with Crippen LogP contribution >= 0.6 is 0 Å². The van der Waals surface area contributed by atoms with E-state index < -0.39 is 83.9 Å². The Balaban J connectivity index is 0.918. The smallest absolute Gasteiger partial charge is 0.407 e. The second-order valence-electron chi connectivity index (χ2n) is 26.3. The summed E-state index contributed by atoms with van der Waals surface area (Å²) in [6, 6.07) is 2.69. The molecule has 10 rings (SSSR count). The number of ether oxygens (including phenoxy) is 4. The molecule has 0 unspecified atom stereocenters. The lowest BCUT2D eigenvalue weighted by molar-refractivity contribution is -0.151. The molecule has 466 valence electrons. The number of unbranched alkanes of at least 4 members (excludes halogenated alkanes) is 2. The van der Waals surface area contributed by atoms with Gasteiger partial charge in [-0.1, -0.05) is 50.6 Å². The van der Waals surface area contributed by atoms with Crippen LogP contribution in [0.25, 0.3) is 0 Å². The van der Waals surface area contributed by atoms with Gasteiger partial charge in [0.15, 0.2) is 0 Å². The fourth-order valence-corrected chi connectivity index (χ4v) is 15.4. The maximum absolute atomic E-state index is 14.7. The van der Waals surface area contributed by atoms with Crippen molar-refractivity contribution in [3.63, 3.8) is 0 Å². The average molecular weight is 1170 g/mol. The first-order valence-electron chi connectivity index (χ1n) is 32.0. The van der Waals surface area contributed by atoms with Crippen molar-refractivity contribution in [1.82, 2.24) is 31.9 Å². The molecule has 9 aliphatic carbocycles. The molecule has 9 saturated carbocycles. The Morgan fingerprint density at radius 2 is 0.964 bits per heavy atom. The minimum absolute atomic E-state index is 0.00990. The number of carbonyl (C=O) groups is 9. The summed E-state index contributed by atoms with van der Waals surface area (Å²) in [5.74, 6) is -0.549. The Hall–Kier alpha value is -5.99. The number of hydrogen-bond donors (Lipinski definition) is 8. The standard InChI is InChI=1S/C63H96N8O13/c1-37(2)25-48(64)57(74)68-51(20-22-54(73)82-47-15-7-4-8-16-47)59(76)69-49(17-9-11-23-66-62(79)83-55-43-28-39-26-40(30-43)31-44(55)29-39)58(75)70-50(19-21-53(65)72)60(77)71-52(61(78)81-36-38-13-5-3-6-14-38)18-10-12-24-67-63(80)84-56-45-32-41-27-42(34-45)35-46(56)33-41/h3,5-6,13-14,37,39-52,55-56H,4,7-12,15-36,64H2,1-2H3,(H2,65,72)(H,66,79)(H,67,80)(H,68,74)(H,69,76)(H,70,75)(H,71,77)/t39?,40?,41?,42?,43?,44?,45?,46?,48-,49-,50-,51-,52-,55?,56?/m0/s1. The second-order valence-corrected chi connectivity index (χ2v) is 26.3. The lowest BCUT2D eigenvalue weighted by atomic mass is 9.55. The topological polar surface area (TPSA) is 315 Å². The molecule has 9 aliphatic rings. The van der Waals surface area contributed by atoms with Gasteiger partial charge < -0.3 is 62.3 Å². The third-order valence-electron chi connectivity index (χ3n) is 19.1. The Morgan fingerprint density at radius 3 is 1.44 bits per heavy atom. The van der Waals surface area contributed by atoms with E-state index in [4.69, 9.17) is 30.4 Å². The Morgan fingerprint density at radius 1 is 0.524 bits per heavy atom. The number of alkyl carbamates (subject to hydrolysis) is 2. The third-order valence-corrected chi connectivity index (χ3v) is 19.1. The van der Waals surface area contributed by atoms with Gasteiger partial charge >= 0.3 is 24.1 Å². The van der Waals surface area contributed by atoms with Gasteiger partial charge in [0.1, 0.15) is 49.1 Å². The molecule has 0 saturated heterocycles. The summed E-state index contributed by atoms with van der Waals surface area (Å²) in [5.41, 5.74) is 12.6. The first kappa shape index (κ1) is 64.0. The number of benzene rings is 1. The Kier molecular flexibility index (Phi) is 23.9. The molecule has 21 nitrogen and oxygen atoms in total.